The summed E-state index contributed by atoms with van der Waals surface area (Å²) in [5.74, 6) is -0.280. The van der Waals surface area contributed by atoms with Crippen molar-refractivity contribution in [1.82, 2.24) is 0 Å². The van der Waals surface area contributed by atoms with E-state index in [2.05, 4.69) is 0 Å². The van der Waals surface area contributed by atoms with Crippen molar-refractivity contribution in [3.05, 3.63) is 0 Å². The fraction of sp³-hybridized carbons (Fsp3) is 0.875. The molecule has 2 unspecified atom stereocenters. The highest BCUT2D eigenvalue weighted by Gasteiger charge is 2.47. The van der Waals surface area contributed by atoms with Crippen molar-refractivity contribution in [3.63, 3.8) is 0 Å². The first-order valence-electron chi connectivity index (χ1n) is 8.02. The molecule has 0 aliphatic rings. The van der Waals surface area contributed by atoms with Gasteiger partial charge in [0.2, 0.25) is 0 Å². The van der Waals surface area contributed by atoms with Gasteiger partial charge >= 0.3 is 12.1 Å². The van der Waals surface area contributed by atoms with E-state index in [1.165, 1.54) is 0 Å². The summed E-state index contributed by atoms with van der Waals surface area (Å²) < 4.78 is 15.6. The molecule has 124 valence electrons. The Labute approximate surface area is 128 Å². The minimum absolute atomic E-state index is 0.254. The summed E-state index contributed by atoms with van der Waals surface area (Å²) in [6, 6.07) is 0. The van der Waals surface area contributed by atoms with Crippen LogP contribution in [-0.2, 0) is 19.0 Å². The highest BCUT2D eigenvalue weighted by atomic mass is 16.7. The van der Waals surface area contributed by atoms with E-state index in [0.29, 0.717) is 25.9 Å². The van der Waals surface area contributed by atoms with Crippen LogP contribution < -0.4 is 0 Å². The molecule has 0 saturated heterocycles. The van der Waals surface area contributed by atoms with Crippen LogP contribution >= 0.6 is 0 Å². The zero-order chi connectivity index (χ0) is 16.3. The van der Waals surface area contributed by atoms with Crippen molar-refractivity contribution >= 4 is 12.1 Å². The second kappa shape index (κ2) is 10.5. The number of rotatable bonds is 10. The van der Waals surface area contributed by atoms with E-state index < -0.39 is 17.7 Å². The van der Waals surface area contributed by atoms with E-state index in [0.717, 1.165) is 12.8 Å². The third kappa shape index (κ3) is 5.56. The molecule has 0 spiro atoms. The predicted octanol–water partition coefficient (Wildman–Crippen LogP) is 4.09. The standard InChI is InChI=1S/C16H30O5/c1-6-11-13(21-15(18)20-10-5)16(8-3,12-7-2)14(17)19-9-4/h13H,6-12H2,1-5H3. The van der Waals surface area contributed by atoms with Gasteiger partial charge in [0.05, 0.1) is 13.2 Å². The Kier molecular flexibility index (Phi) is 9.84. The van der Waals surface area contributed by atoms with Gasteiger partial charge in [-0.1, -0.05) is 33.6 Å². The maximum atomic E-state index is 12.5. The lowest BCUT2D eigenvalue weighted by Gasteiger charge is -2.36. The number of esters is 1. The van der Waals surface area contributed by atoms with Crippen LogP contribution in [0.2, 0.25) is 0 Å². The minimum atomic E-state index is -0.784. The molecule has 21 heavy (non-hydrogen) atoms. The largest absolute Gasteiger partial charge is 0.508 e. The number of hydrogen-bond acceptors (Lipinski definition) is 5. The van der Waals surface area contributed by atoms with Crippen LogP contribution in [0.5, 0.6) is 0 Å². The van der Waals surface area contributed by atoms with Gasteiger partial charge in [0.15, 0.2) is 0 Å². The zero-order valence-corrected chi connectivity index (χ0v) is 14.1. The molecule has 0 N–H and O–H groups in total. The molecular formula is C16H30O5. The zero-order valence-electron chi connectivity index (χ0n) is 14.1. The second-order valence-electron chi connectivity index (χ2n) is 5.06. The Morgan fingerprint density at radius 2 is 1.57 bits per heavy atom. The summed E-state index contributed by atoms with van der Waals surface area (Å²) in [6.45, 7) is 10.0. The average Bonchev–Trinajstić information content (AvgIpc) is 2.45. The van der Waals surface area contributed by atoms with Gasteiger partial charge in [0.25, 0.3) is 0 Å². The lowest BCUT2D eigenvalue weighted by atomic mass is 9.74. The third-order valence-corrected chi connectivity index (χ3v) is 3.68. The van der Waals surface area contributed by atoms with Crippen LogP contribution in [0, 0.1) is 5.41 Å². The summed E-state index contributed by atoms with van der Waals surface area (Å²) >= 11 is 0. The van der Waals surface area contributed by atoms with Gasteiger partial charge in [-0.2, -0.15) is 0 Å². The quantitative estimate of drug-likeness (QED) is 0.569. The molecule has 0 aromatic carbocycles. The van der Waals surface area contributed by atoms with Gasteiger partial charge < -0.3 is 14.2 Å². The third-order valence-electron chi connectivity index (χ3n) is 3.68. The van der Waals surface area contributed by atoms with E-state index in [-0.39, 0.29) is 12.6 Å². The van der Waals surface area contributed by atoms with E-state index in [9.17, 15) is 9.59 Å². The molecule has 0 rings (SSSR count). The number of ether oxygens (including phenoxy) is 3. The first kappa shape index (κ1) is 19.7. The first-order chi connectivity index (χ1) is 10.0. The molecule has 0 aliphatic carbocycles. The monoisotopic (exact) mass is 302 g/mol. The maximum absolute atomic E-state index is 12.5. The van der Waals surface area contributed by atoms with Gasteiger partial charge in [-0.15, -0.1) is 0 Å². The maximum Gasteiger partial charge on any atom is 0.508 e. The van der Waals surface area contributed by atoms with Crippen LogP contribution in [0.4, 0.5) is 4.79 Å². The SMILES string of the molecule is CCCC(OC(=O)OCC)C(CC)(CCC)C(=O)OCC. The van der Waals surface area contributed by atoms with Crippen LogP contribution in [-0.4, -0.2) is 31.4 Å². The van der Waals surface area contributed by atoms with Crippen molar-refractivity contribution < 1.29 is 23.8 Å². The molecule has 5 nitrogen and oxygen atoms in total. The van der Waals surface area contributed by atoms with Crippen molar-refractivity contribution in [1.29, 1.82) is 0 Å². The fourth-order valence-corrected chi connectivity index (χ4v) is 2.64. The Bertz CT molecular complexity index is 316. The lowest BCUT2D eigenvalue weighted by Crippen LogP contribution is -2.45. The van der Waals surface area contributed by atoms with Crippen molar-refractivity contribution in [2.24, 2.45) is 5.41 Å². The molecule has 0 bridgehead atoms. The molecule has 0 heterocycles. The molecule has 2 atom stereocenters. The summed E-state index contributed by atoms with van der Waals surface area (Å²) in [7, 11) is 0. The molecule has 5 heteroatoms. The van der Waals surface area contributed by atoms with Gasteiger partial charge in [-0.3, -0.25) is 4.79 Å². The highest BCUT2D eigenvalue weighted by Crippen LogP contribution is 2.38. The van der Waals surface area contributed by atoms with Crippen molar-refractivity contribution in [3.8, 4) is 0 Å². The fourth-order valence-electron chi connectivity index (χ4n) is 2.64. The van der Waals surface area contributed by atoms with Crippen molar-refractivity contribution in [2.75, 3.05) is 13.2 Å². The van der Waals surface area contributed by atoms with E-state index in [1.807, 2.05) is 20.8 Å². The van der Waals surface area contributed by atoms with E-state index in [1.54, 1.807) is 13.8 Å². The van der Waals surface area contributed by atoms with Gasteiger partial charge in [0, 0.05) is 0 Å². The highest BCUT2D eigenvalue weighted by molar-refractivity contribution is 5.78. The Hall–Kier alpha value is -1.26. The number of carbonyl (C=O) groups is 2. The molecule has 0 aromatic rings. The van der Waals surface area contributed by atoms with Crippen LogP contribution in [0.15, 0.2) is 0 Å². The normalized spacial score (nSPS) is 14.9. The van der Waals surface area contributed by atoms with Crippen LogP contribution in [0.1, 0.15) is 66.7 Å². The molecule has 0 fully saturated rings. The second-order valence-corrected chi connectivity index (χ2v) is 5.06. The van der Waals surface area contributed by atoms with Gasteiger partial charge in [-0.05, 0) is 33.1 Å². The predicted molar refractivity (Wildman–Crippen MR) is 81.1 cm³/mol. The van der Waals surface area contributed by atoms with Gasteiger partial charge in [-0.25, -0.2) is 4.79 Å². The molecule has 0 radical (unpaired) electrons. The summed E-state index contributed by atoms with van der Waals surface area (Å²) in [5.41, 5.74) is -0.784. The smallest absolute Gasteiger partial charge is 0.465 e. The lowest BCUT2D eigenvalue weighted by molar-refractivity contribution is -0.166. The number of carbonyl (C=O) groups excluding carboxylic acids is 2. The topological polar surface area (TPSA) is 61.8 Å². The van der Waals surface area contributed by atoms with Crippen LogP contribution in [0.3, 0.4) is 0 Å². The first-order valence-corrected chi connectivity index (χ1v) is 8.02. The Balaban J connectivity index is 5.34. The van der Waals surface area contributed by atoms with E-state index >= 15 is 0 Å². The average molecular weight is 302 g/mol. The molecule has 0 aliphatic heterocycles. The summed E-state index contributed by atoms with van der Waals surface area (Å²) in [5, 5.41) is 0. The Morgan fingerprint density at radius 3 is 2.00 bits per heavy atom. The minimum Gasteiger partial charge on any atom is -0.465 e. The molecule has 0 aromatic heterocycles. The molecular weight excluding hydrogens is 272 g/mol. The summed E-state index contributed by atoms with van der Waals surface area (Å²) in [6.07, 6.45) is 2.23. The van der Waals surface area contributed by atoms with Gasteiger partial charge in [0.1, 0.15) is 11.5 Å². The molecule has 0 saturated carbocycles. The Morgan fingerprint density at radius 1 is 0.952 bits per heavy atom. The van der Waals surface area contributed by atoms with Crippen LogP contribution in [0.25, 0.3) is 0 Å². The molecule has 0 amide bonds. The van der Waals surface area contributed by atoms with Crippen molar-refractivity contribution in [2.45, 2.75) is 72.8 Å². The van der Waals surface area contributed by atoms with E-state index in [4.69, 9.17) is 14.2 Å². The number of hydrogen-bond donors (Lipinski definition) is 0. The summed E-state index contributed by atoms with van der Waals surface area (Å²) in [4.78, 5) is 24.2.